The lowest BCUT2D eigenvalue weighted by atomic mass is 10.2. The van der Waals surface area contributed by atoms with Gasteiger partial charge in [-0.15, -0.1) is 0 Å². The molecule has 112 valence electrons. The van der Waals surface area contributed by atoms with Gasteiger partial charge >= 0.3 is 0 Å². The van der Waals surface area contributed by atoms with Crippen molar-refractivity contribution in [3.63, 3.8) is 0 Å². The van der Waals surface area contributed by atoms with Crippen LogP contribution in [0.4, 0.5) is 5.69 Å². The fraction of sp³-hybridized carbons (Fsp3) is 0.235. The summed E-state index contributed by atoms with van der Waals surface area (Å²) in [6, 6.07) is 14.8. The van der Waals surface area contributed by atoms with Crippen molar-refractivity contribution in [1.82, 2.24) is 10.3 Å². The molecule has 1 aromatic carbocycles. The number of anilines is 1. The Morgan fingerprint density at radius 3 is 2.45 bits per heavy atom. The number of aromatic nitrogens is 1. The van der Waals surface area contributed by atoms with Crippen molar-refractivity contribution in [1.29, 1.82) is 0 Å². The molecule has 2 unspecified atom stereocenters. The summed E-state index contributed by atoms with van der Waals surface area (Å²) in [5.74, 6) is -0.639. The molecule has 22 heavy (non-hydrogen) atoms. The van der Waals surface area contributed by atoms with Crippen molar-refractivity contribution in [3.05, 3.63) is 60.4 Å². The van der Waals surface area contributed by atoms with Gasteiger partial charge in [-0.1, -0.05) is 24.3 Å². The summed E-state index contributed by atoms with van der Waals surface area (Å²) >= 11 is 0. The van der Waals surface area contributed by atoms with E-state index in [0.29, 0.717) is 13.0 Å². The fourth-order valence-electron chi connectivity index (χ4n) is 2.34. The number of carbonyl (C=O) groups is 2. The quantitative estimate of drug-likeness (QED) is 0.886. The van der Waals surface area contributed by atoms with Crippen molar-refractivity contribution >= 4 is 17.5 Å². The molecule has 1 aromatic heterocycles. The number of nitrogens with one attached hydrogen (secondary N) is 2. The van der Waals surface area contributed by atoms with Crippen molar-refractivity contribution in [2.75, 3.05) is 5.32 Å². The Morgan fingerprint density at radius 1 is 1.00 bits per heavy atom. The summed E-state index contributed by atoms with van der Waals surface area (Å²) in [6.07, 6.45) is 2.29. The SMILES string of the molecule is O=C(NCc1ccccn1)C1CC1C(=O)Nc1ccccc1. The molecule has 2 atom stereocenters. The zero-order chi connectivity index (χ0) is 15.4. The summed E-state index contributed by atoms with van der Waals surface area (Å²) in [6.45, 7) is 0.392. The topological polar surface area (TPSA) is 71.1 Å². The molecule has 2 amide bonds. The average molecular weight is 295 g/mol. The van der Waals surface area contributed by atoms with Gasteiger partial charge in [-0.05, 0) is 30.7 Å². The first kappa shape index (κ1) is 14.3. The lowest BCUT2D eigenvalue weighted by molar-refractivity contribution is -0.125. The third-order valence-electron chi connectivity index (χ3n) is 3.68. The fourth-order valence-corrected chi connectivity index (χ4v) is 2.34. The van der Waals surface area contributed by atoms with Crippen LogP contribution >= 0.6 is 0 Å². The van der Waals surface area contributed by atoms with E-state index in [-0.39, 0.29) is 23.7 Å². The van der Waals surface area contributed by atoms with Gasteiger partial charge in [0.25, 0.3) is 0 Å². The van der Waals surface area contributed by atoms with E-state index in [1.165, 1.54) is 0 Å². The number of carbonyl (C=O) groups excluding carboxylic acids is 2. The summed E-state index contributed by atoms with van der Waals surface area (Å²) in [7, 11) is 0. The lowest BCUT2D eigenvalue weighted by Crippen LogP contribution is -2.27. The van der Waals surface area contributed by atoms with E-state index in [9.17, 15) is 9.59 Å². The normalized spacial score (nSPS) is 19.3. The van der Waals surface area contributed by atoms with Crippen LogP contribution in [0, 0.1) is 11.8 Å². The molecule has 1 heterocycles. The largest absolute Gasteiger partial charge is 0.350 e. The molecule has 0 bridgehead atoms. The minimum atomic E-state index is -0.232. The Labute approximate surface area is 128 Å². The number of amides is 2. The molecular formula is C17H17N3O2. The molecule has 2 aromatic rings. The van der Waals surface area contributed by atoms with E-state index in [1.807, 2.05) is 48.5 Å². The van der Waals surface area contributed by atoms with Crippen molar-refractivity contribution in [2.45, 2.75) is 13.0 Å². The van der Waals surface area contributed by atoms with Gasteiger partial charge < -0.3 is 10.6 Å². The molecule has 3 rings (SSSR count). The number of nitrogens with zero attached hydrogens (tertiary/aromatic N) is 1. The summed E-state index contributed by atoms with van der Waals surface area (Å²) in [5, 5.41) is 5.66. The molecule has 2 N–H and O–H groups in total. The first-order valence-corrected chi connectivity index (χ1v) is 7.27. The summed E-state index contributed by atoms with van der Waals surface area (Å²) in [5.41, 5.74) is 1.56. The first-order valence-electron chi connectivity index (χ1n) is 7.27. The highest BCUT2D eigenvalue weighted by Gasteiger charge is 2.47. The number of para-hydroxylation sites is 1. The van der Waals surface area contributed by atoms with E-state index in [0.717, 1.165) is 11.4 Å². The highest BCUT2D eigenvalue weighted by Crippen LogP contribution is 2.39. The molecule has 0 radical (unpaired) electrons. The smallest absolute Gasteiger partial charge is 0.228 e. The van der Waals surface area contributed by atoms with E-state index in [1.54, 1.807) is 6.20 Å². The number of pyridine rings is 1. The Balaban J connectivity index is 1.47. The van der Waals surface area contributed by atoms with Crippen LogP contribution in [0.2, 0.25) is 0 Å². The van der Waals surface area contributed by atoms with Crippen LogP contribution < -0.4 is 10.6 Å². The van der Waals surface area contributed by atoms with Gasteiger partial charge in [0.2, 0.25) is 11.8 Å². The number of hydrogen-bond acceptors (Lipinski definition) is 3. The van der Waals surface area contributed by atoms with Crippen LogP contribution in [0.3, 0.4) is 0 Å². The predicted octanol–water partition coefficient (Wildman–Crippen LogP) is 1.97. The van der Waals surface area contributed by atoms with Crippen LogP contribution in [-0.2, 0) is 16.1 Å². The van der Waals surface area contributed by atoms with Crippen molar-refractivity contribution < 1.29 is 9.59 Å². The number of rotatable bonds is 5. The van der Waals surface area contributed by atoms with E-state index in [2.05, 4.69) is 15.6 Å². The molecule has 1 saturated carbocycles. The maximum atomic E-state index is 12.1. The second-order valence-electron chi connectivity index (χ2n) is 5.34. The Hall–Kier alpha value is -2.69. The van der Waals surface area contributed by atoms with Gasteiger partial charge in [0.15, 0.2) is 0 Å². The minimum Gasteiger partial charge on any atom is -0.350 e. The van der Waals surface area contributed by atoms with Crippen LogP contribution in [0.1, 0.15) is 12.1 Å². The Morgan fingerprint density at radius 2 is 1.73 bits per heavy atom. The monoisotopic (exact) mass is 295 g/mol. The predicted molar refractivity (Wildman–Crippen MR) is 82.8 cm³/mol. The van der Waals surface area contributed by atoms with Crippen LogP contribution in [0.25, 0.3) is 0 Å². The van der Waals surface area contributed by atoms with Gasteiger partial charge in [0.1, 0.15) is 0 Å². The second kappa shape index (κ2) is 6.39. The van der Waals surface area contributed by atoms with Gasteiger partial charge in [-0.25, -0.2) is 0 Å². The molecule has 0 saturated heterocycles. The number of hydrogen-bond donors (Lipinski definition) is 2. The molecule has 1 aliphatic rings. The standard InChI is InChI=1S/C17H17N3O2/c21-16(19-11-13-8-4-5-9-18-13)14-10-15(14)17(22)20-12-6-2-1-3-7-12/h1-9,14-15H,10-11H2,(H,19,21)(H,20,22). The highest BCUT2D eigenvalue weighted by atomic mass is 16.2. The molecular weight excluding hydrogens is 278 g/mol. The molecule has 5 nitrogen and oxygen atoms in total. The molecule has 5 heteroatoms. The molecule has 0 aliphatic heterocycles. The molecule has 1 aliphatic carbocycles. The van der Waals surface area contributed by atoms with E-state index < -0.39 is 0 Å². The second-order valence-corrected chi connectivity index (χ2v) is 5.34. The Kier molecular flexibility index (Phi) is 4.14. The molecule has 0 spiro atoms. The average Bonchev–Trinajstić information content (AvgIpc) is 3.35. The summed E-state index contributed by atoms with van der Waals surface area (Å²) in [4.78, 5) is 28.2. The van der Waals surface area contributed by atoms with Gasteiger partial charge in [0, 0.05) is 11.9 Å². The molecule has 1 fully saturated rings. The van der Waals surface area contributed by atoms with E-state index in [4.69, 9.17) is 0 Å². The van der Waals surface area contributed by atoms with Gasteiger partial charge in [-0.2, -0.15) is 0 Å². The minimum absolute atomic E-state index is 0.0844. The van der Waals surface area contributed by atoms with Crippen molar-refractivity contribution in [3.8, 4) is 0 Å². The first-order chi connectivity index (χ1) is 10.7. The maximum Gasteiger partial charge on any atom is 0.228 e. The third-order valence-corrected chi connectivity index (χ3v) is 3.68. The van der Waals surface area contributed by atoms with Crippen LogP contribution in [0.15, 0.2) is 54.7 Å². The summed E-state index contributed by atoms with van der Waals surface area (Å²) < 4.78 is 0. The Bertz CT molecular complexity index is 658. The van der Waals surface area contributed by atoms with Crippen LogP contribution in [0.5, 0.6) is 0 Å². The number of benzene rings is 1. The lowest BCUT2D eigenvalue weighted by Gasteiger charge is -2.05. The highest BCUT2D eigenvalue weighted by molar-refractivity contribution is 5.99. The van der Waals surface area contributed by atoms with Gasteiger partial charge in [-0.3, -0.25) is 14.6 Å². The van der Waals surface area contributed by atoms with Crippen molar-refractivity contribution in [2.24, 2.45) is 11.8 Å². The van der Waals surface area contributed by atoms with E-state index >= 15 is 0 Å². The van der Waals surface area contributed by atoms with Gasteiger partial charge in [0.05, 0.1) is 24.1 Å². The maximum absolute atomic E-state index is 12.1. The zero-order valence-electron chi connectivity index (χ0n) is 12.0. The van der Waals surface area contributed by atoms with Crippen LogP contribution in [-0.4, -0.2) is 16.8 Å². The zero-order valence-corrected chi connectivity index (χ0v) is 12.0. The third kappa shape index (κ3) is 3.49.